The molecule has 53 heavy (non-hydrogen) atoms. The van der Waals surface area contributed by atoms with Gasteiger partial charge in [-0.15, -0.1) is 0 Å². The predicted molar refractivity (Wildman–Crippen MR) is 216 cm³/mol. The average molecular weight is 676 g/mol. The van der Waals surface area contributed by atoms with Crippen LogP contribution in [0.4, 0.5) is 0 Å². The summed E-state index contributed by atoms with van der Waals surface area (Å²) in [6, 6.07) is 63.1. The van der Waals surface area contributed by atoms with Crippen LogP contribution in [0.3, 0.4) is 0 Å². The molecule has 2 heterocycles. The van der Waals surface area contributed by atoms with Gasteiger partial charge in [-0.05, 0) is 91.9 Å². The van der Waals surface area contributed by atoms with Crippen molar-refractivity contribution in [3.8, 4) is 39.1 Å². The van der Waals surface area contributed by atoms with E-state index in [0.29, 0.717) is 11.0 Å². The SMILES string of the molecule is O=c1oc2ccccc2c2ccc(-c3ccc4c(c3)c3ccccc3n4-c3cccc4c3C3(c5ccccc5-c5ccccc53)c3ccccc3-4)cc12. The van der Waals surface area contributed by atoms with Gasteiger partial charge >= 0.3 is 5.63 Å². The normalized spacial score (nSPS) is 13.5. The summed E-state index contributed by atoms with van der Waals surface area (Å²) in [6.45, 7) is 0. The number of fused-ring (bicyclic) bond motifs is 16. The second kappa shape index (κ2) is 10.3. The fourth-order valence-electron chi connectivity index (χ4n) is 9.79. The lowest BCUT2D eigenvalue weighted by Crippen LogP contribution is -2.27. The third kappa shape index (κ3) is 3.61. The standard InChI is InChI=1S/C50H29NO2/c52-49-40-29-30(24-26-32(40)37-16-5-10-23-47(37)53-49)31-25-27-45-39(28-31)36-15-4-9-21-44(36)51(45)46-22-11-17-38-35-14-3-8-20-43(35)50(48(38)46)41-18-6-1-12-33(41)34-13-2-7-19-42(34)50/h1-29H. The molecule has 1 spiro atoms. The van der Waals surface area contributed by atoms with Crippen LogP contribution in [0, 0.1) is 0 Å². The molecule has 0 atom stereocenters. The fraction of sp³-hybridized carbons (Fsp3) is 0.0200. The van der Waals surface area contributed by atoms with Crippen LogP contribution in [-0.2, 0) is 5.41 Å². The second-order valence-electron chi connectivity index (χ2n) is 14.3. The molecule has 0 N–H and O–H groups in total. The molecule has 3 heteroatoms. The zero-order valence-corrected chi connectivity index (χ0v) is 28.5. The highest BCUT2D eigenvalue weighted by Crippen LogP contribution is 2.64. The number of benzene rings is 8. The van der Waals surface area contributed by atoms with E-state index in [0.717, 1.165) is 38.3 Å². The van der Waals surface area contributed by atoms with Crippen molar-refractivity contribution in [3.05, 3.63) is 209 Å². The van der Waals surface area contributed by atoms with E-state index >= 15 is 0 Å². The first kappa shape index (κ1) is 28.7. The minimum Gasteiger partial charge on any atom is -0.422 e. The van der Waals surface area contributed by atoms with E-state index in [-0.39, 0.29) is 5.63 Å². The molecular formula is C50H29NO2. The maximum atomic E-state index is 13.2. The minimum absolute atomic E-state index is 0.318. The first-order valence-electron chi connectivity index (χ1n) is 18.1. The van der Waals surface area contributed by atoms with E-state index in [9.17, 15) is 4.79 Å². The smallest absolute Gasteiger partial charge is 0.344 e. The van der Waals surface area contributed by atoms with Gasteiger partial charge < -0.3 is 8.98 Å². The number of aromatic nitrogens is 1. The zero-order chi connectivity index (χ0) is 34.8. The van der Waals surface area contributed by atoms with Crippen molar-refractivity contribution in [2.75, 3.05) is 0 Å². The van der Waals surface area contributed by atoms with Crippen molar-refractivity contribution in [1.29, 1.82) is 0 Å². The summed E-state index contributed by atoms with van der Waals surface area (Å²) in [7, 11) is 0. The van der Waals surface area contributed by atoms with Gasteiger partial charge in [-0.3, -0.25) is 0 Å². The van der Waals surface area contributed by atoms with Crippen LogP contribution in [0.25, 0.3) is 82.6 Å². The van der Waals surface area contributed by atoms with Crippen molar-refractivity contribution < 1.29 is 4.42 Å². The van der Waals surface area contributed by atoms with Crippen molar-refractivity contribution in [2.45, 2.75) is 5.41 Å². The molecule has 10 aromatic rings. The number of nitrogens with zero attached hydrogens (tertiary/aromatic N) is 1. The molecule has 0 fully saturated rings. The Morgan fingerprint density at radius 1 is 0.415 bits per heavy atom. The van der Waals surface area contributed by atoms with Crippen molar-refractivity contribution >= 4 is 43.5 Å². The number of hydrogen-bond acceptors (Lipinski definition) is 2. The van der Waals surface area contributed by atoms with Crippen LogP contribution in [0.5, 0.6) is 0 Å². The predicted octanol–water partition coefficient (Wildman–Crippen LogP) is 12.1. The molecule has 3 nitrogen and oxygen atoms in total. The minimum atomic E-state index is -0.469. The highest BCUT2D eigenvalue weighted by molar-refractivity contribution is 6.12. The summed E-state index contributed by atoms with van der Waals surface area (Å²) in [5.41, 5.74) is 15.8. The molecule has 0 saturated heterocycles. The third-order valence-corrected chi connectivity index (χ3v) is 11.9. The van der Waals surface area contributed by atoms with Gasteiger partial charge in [-0.25, -0.2) is 4.79 Å². The van der Waals surface area contributed by atoms with Crippen LogP contribution in [0.15, 0.2) is 185 Å². The molecule has 2 aromatic heterocycles. The molecule has 12 rings (SSSR count). The Morgan fingerprint density at radius 2 is 0.962 bits per heavy atom. The highest BCUT2D eigenvalue weighted by atomic mass is 16.4. The average Bonchev–Trinajstić information content (AvgIpc) is 3.82. The summed E-state index contributed by atoms with van der Waals surface area (Å²) in [5.74, 6) is 0. The Balaban J connectivity index is 1.14. The molecule has 0 bridgehead atoms. The second-order valence-corrected chi connectivity index (χ2v) is 14.3. The van der Waals surface area contributed by atoms with E-state index < -0.39 is 5.41 Å². The van der Waals surface area contributed by atoms with Gasteiger partial charge in [0.05, 0.1) is 27.5 Å². The summed E-state index contributed by atoms with van der Waals surface area (Å²) < 4.78 is 8.21. The molecule has 2 aliphatic carbocycles. The van der Waals surface area contributed by atoms with Gasteiger partial charge in [0.25, 0.3) is 0 Å². The quantitative estimate of drug-likeness (QED) is 0.135. The van der Waals surface area contributed by atoms with E-state index in [2.05, 4.69) is 150 Å². The number of para-hydroxylation sites is 2. The van der Waals surface area contributed by atoms with E-state index in [4.69, 9.17) is 4.42 Å². The van der Waals surface area contributed by atoms with Gasteiger partial charge in [-0.2, -0.15) is 0 Å². The van der Waals surface area contributed by atoms with Gasteiger partial charge in [-0.1, -0.05) is 140 Å². The zero-order valence-electron chi connectivity index (χ0n) is 28.5. The lowest BCUT2D eigenvalue weighted by atomic mass is 9.70. The summed E-state index contributed by atoms with van der Waals surface area (Å²) in [4.78, 5) is 13.2. The van der Waals surface area contributed by atoms with Crippen molar-refractivity contribution in [2.24, 2.45) is 0 Å². The van der Waals surface area contributed by atoms with E-state index in [1.54, 1.807) is 0 Å². The molecular weight excluding hydrogens is 647 g/mol. The maximum absolute atomic E-state index is 13.2. The van der Waals surface area contributed by atoms with Crippen LogP contribution in [-0.4, -0.2) is 4.57 Å². The largest absolute Gasteiger partial charge is 0.422 e. The first-order valence-corrected chi connectivity index (χ1v) is 18.1. The van der Waals surface area contributed by atoms with Crippen LogP contribution in [0.1, 0.15) is 22.3 Å². The summed E-state index contributed by atoms with van der Waals surface area (Å²) in [5, 5.41) is 4.78. The fourth-order valence-corrected chi connectivity index (χ4v) is 9.79. The lowest BCUT2D eigenvalue weighted by molar-refractivity contribution is 0.569. The topological polar surface area (TPSA) is 35.1 Å². The Labute approximate surface area is 304 Å². The Bertz CT molecular complexity index is 3210. The van der Waals surface area contributed by atoms with Gasteiger partial charge in [0.15, 0.2) is 0 Å². The third-order valence-electron chi connectivity index (χ3n) is 11.9. The summed E-state index contributed by atoms with van der Waals surface area (Å²) >= 11 is 0. The molecule has 0 aliphatic heterocycles. The molecule has 0 unspecified atom stereocenters. The Morgan fingerprint density at radius 3 is 1.70 bits per heavy atom. The van der Waals surface area contributed by atoms with Gasteiger partial charge in [0, 0.05) is 21.7 Å². The molecule has 0 amide bonds. The van der Waals surface area contributed by atoms with E-state index in [1.165, 1.54) is 55.6 Å². The summed E-state index contributed by atoms with van der Waals surface area (Å²) in [6.07, 6.45) is 0. The Hall–Kier alpha value is -6.97. The Kier molecular flexibility index (Phi) is 5.58. The molecule has 246 valence electrons. The number of rotatable bonds is 2. The number of hydrogen-bond donors (Lipinski definition) is 0. The monoisotopic (exact) mass is 675 g/mol. The van der Waals surface area contributed by atoms with Gasteiger partial charge in [0.1, 0.15) is 5.58 Å². The van der Waals surface area contributed by atoms with Gasteiger partial charge in [0.2, 0.25) is 0 Å². The van der Waals surface area contributed by atoms with Crippen molar-refractivity contribution in [3.63, 3.8) is 0 Å². The van der Waals surface area contributed by atoms with E-state index in [1.807, 2.05) is 30.3 Å². The molecule has 8 aromatic carbocycles. The highest BCUT2D eigenvalue weighted by Gasteiger charge is 2.52. The maximum Gasteiger partial charge on any atom is 0.344 e. The van der Waals surface area contributed by atoms with Crippen LogP contribution < -0.4 is 5.63 Å². The lowest BCUT2D eigenvalue weighted by Gasteiger charge is -2.32. The van der Waals surface area contributed by atoms with Crippen LogP contribution >= 0.6 is 0 Å². The molecule has 0 radical (unpaired) electrons. The first-order chi connectivity index (χ1) is 26.2. The molecule has 2 aliphatic rings. The van der Waals surface area contributed by atoms with Crippen molar-refractivity contribution in [1.82, 2.24) is 4.57 Å². The molecule has 0 saturated carbocycles. The van der Waals surface area contributed by atoms with Crippen LogP contribution in [0.2, 0.25) is 0 Å².